The maximum atomic E-state index is 11.1. The van der Waals surface area contributed by atoms with Crippen LogP contribution in [0, 0.1) is 0 Å². The van der Waals surface area contributed by atoms with Crippen LogP contribution in [0.2, 0.25) is 0 Å². The SMILES string of the molecule is CC(CCC(N=C=S)C(=O)O)S(C)(=O)=O. The number of carboxylic acid groups (broad SMARTS) is 1. The van der Waals surface area contributed by atoms with Crippen LogP contribution >= 0.6 is 12.2 Å². The van der Waals surface area contributed by atoms with Gasteiger partial charge >= 0.3 is 5.97 Å². The van der Waals surface area contributed by atoms with Crippen LogP contribution in [-0.2, 0) is 14.6 Å². The highest BCUT2D eigenvalue weighted by Crippen LogP contribution is 2.10. The van der Waals surface area contributed by atoms with Gasteiger partial charge in [0, 0.05) is 6.26 Å². The number of isothiocyanates is 1. The van der Waals surface area contributed by atoms with Crippen LogP contribution in [0.5, 0.6) is 0 Å². The van der Waals surface area contributed by atoms with E-state index in [2.05, 4.69) is 17.2 Å². The Kier molecular flexibility index (Phi) is 5.64. The Labute approximate surface area is 94.1 Å². The zero-order valence-electron chi connectivity index (χ0n) is 8.50. The summed E-state index contributed by atoms with van der Waals surface area (Å²) in [5.74, 6) is -1.12. The van der Waals surface area contributed by atoms with E-state index in [1.54, 1.807) is 0 Å². The minimum atomic E-state index is -3.12. The van der Waals surface area contributed by atoms with E-state index in [0.29, 0.717) is 0 Å². The number of nitrogens with zero attached hydrogens (tertiary/aromatic N) is 1. The molecule has 0 saturated carbocycles. The number of rotatable bonds is 6. The maximum Gasteiger partial charge on any atom is 0.329 e. The molecule has 15 heavy (non-hydrogen) atoms. The van der Waals surface area contributed by atoms with E-state index in [1.807, 2.05) is 5.16 Å². The Bertz CT molecular complexity index is 368. The van der Waals surface area contributed by atoms with Gasteiger partial charge in [-0.05, 0) is 32.0 Å². The van der Waals surface area contributed by atoms with E-state index in [-0.39, 0.29) is 12.8 Å². The lowest BCUT2D eigenvalue weighted by atomic mass is 10.1. The third-order valence-corrected chi connectivity index (χ3v) is 3.87. The first-order valence-electron chi connectivity index (χ1n) is 4.27. The second kappa shape index (κ2) is 5.95. The molecular weight excluding hydrogens is 238 g/mol. The monoisotopic (exact) mass is 251 g/mol. The molecule has 0 aromatic rings. The lowest BCUT2D eigenvalue weighted by molar-refractivity contribution is -0.138. The summed E-state index contributed by atoms with van der Waals surface area (Å²) in [6.45, 7) is 1.54. The van der Waals surface area contributed by atoms with E-state index < -0.39 is 27.1 Å². The van der Waals surface area contributed by atoms with Gasteiger partial charge in [0.1, 0.15) is 9.84 Å². The summed E-state index contributed by atoms with van der Waals surface area (Å²) in [7, 11) is -3.12. The number of hydrogen-bond donors (Lipinski definition) is 1. The minimum Gasteiger partial charge on any atom is -0.480 e. The number of thiocarbonyl (C=S) groups is 1. The lowest BCUT2D eigenvalue weighted by Crippen LogP contribution is -2.22. The van der Waals surface area contributed by atoms with Gasteiger partial charge in [0.15, 0.2) is 6.04 Å². The Hall–Kier alpha value is -0.780. The number of hydrogen-bond acceptors (Lipinski definition) is 5. The molecule has 0 aliphatic carbocycles. The molecule has 0 bridgehead atoms. The van der Waals surface area contributed by atoms with Gasteiger partial charge in [0.2, 0.25) is 0 Å². The Morgan fingerprint density at radius 2 is 2.07 bits per heavy atom. The quantitative estimate of drug-likeness (QED) is 0.556. The highest BCUT2D eigenvalue weighted by atomic mass is 32.2. The first-order chi connectivity index (χ1) is 6.79. The van der Waals surface area contributed by atoms with Gasteiger partial charge in [-0.15, -0.1) is 0 Å². The van der Waals surface area contributed by atoms with Crippen molar-refractivity contribution in [3.8, 4) is 0 Å². The number of sulfone groups is 1. The molecule has 0 aliphatic heterocycles. The van der Waals surface area contributed by atoms with E-state index in [9.17, 15) is 13.2 Å². The highest BCUT2D eigenvalue weighted by Gasteiger charge is 2.20. The van der Waals surface area contributed by atoms with Gasteiger partial charge < -0.3 is 5.11 Å². The van der Waals surface area contributed by atoms with Gasteiger partial charge in [-0.1, -0.05) is 0 Å². The van der Waals surface area contributed by atoms with Gasteiger partial charge in [-0.3, -0.25) is 0 Å². The van der Waals surface area contributed by atoms with Crippen LogP contribution in [0.15, 0.2) is 4.99 Å². The van der Waals surface area contributed by atoms with Crippen LogP contribution in [0.25, 0.3) is 0 Å². The van der Waals surface area contributed by atoms with Crippen molar-refractivity contribution < 1.29 is 18.3 Å². The van der Waals surface area contributed by atoms with Crippen molar-refractivity contribution in [2.75, 3.05) is 6.26 Å². The summed E-state index contributed by atoms with van der Waals surface area (Å²) in [6, 6.07) is -0.994. The van der Waals surface area contributed by atoms with E-state index >= 15 is 0 Å². The standard InChI is InChI=1S/C8H13NO4S2/c1-6(15(2,12)13)3-4-7(8(10)11)9-5-14/h6-7H,3-4H2,1-2H3,(H,10,11). The van der Waals surface area contributed by atoms with Gasteiger partial charge in [-0.2, -0.15) is 0 Å². The molecule has 1 N–H and O–H groups in total. The van der Waals surface area contributed by atoms with E-state index in [0.717, 1.165) is 6.26 Å². The molecule has 7 heteroatoms. The van der Waals surface area contributed by atoms with Crippen molar-refractivity contribution in [1.82, 2.24) is 0 Å². The van der Waals surface area contributed by atoms with Crippen LogP contribution < -0.4 is 0 Å². The first kappa shape index (κ1) is 14.2. The Morgan fingerprint density at radius 1 is 1.53 bits per heavy atom. The number of carbonyl (C=O) groups is 1. The maximum absolute atomic E-state index is 11.1. The van der Waals surface area contributed by atoms with Crippen LogP contribution in [0.4, 0.5) is 0 Å². The van der Waals surface area contributed by atoms with Crippen LogP contribution in [0.1, 0.15) is 19.8 Å². The summed E-state index contributed by atoms with van der Waals surface area (Å²) in [5, 5.41) is 10.1. The van der Waals surface area contributed by atoms with Gasteiger partial charge in [0.25, 0.3) is 0 Å². The molecular formula is C8H13NO4S2. The summed E-state index contributed by atoms with van der Waals surface area (Å²) in [4.78, 5) is 14.1. The van der Waals surface area contributed by atoms with E-state index in [1.165, 1.54) is 6.92 Å². The first-order valence-corrected chi connectivity index (χ1v) is 6.64. The lowest BCUT2D eigenvalue weighted by Gasteiger charge is -2.10. The molecule has 0 spiro atoms. The van der Waals surface area contributed by atoms with Gasteiger partial charge in [-0.25, -0.2) is 18.2 Å². The summed E-state index contributed by atoms with van der Waals surface area (Å²) in [6.07, 6.45) is 1.51. The zero-order valence-corrected chi connectivity index (χ0v) is 10.1. The van der Waals surface area contributed by atoms with E-state index in [4.69, 9.17) is 5.11 Å². The van der Waals surface area contributed by atoms with Crippen molar-refractivity contribution in [3.63, 3.8) is 0 Å². The second-order valence-corrected chi connectivity index (χ2v) is 5.94. The molecule has 0 fully saturated rings. The third kappa shape index (κ3) is 5.61. The molecule has 0 aromatic carbocycles. The molecule has 0 radical (unpaired) electrons. The molecule has 86 valence electrons. The average molecular weight is 251 g/mol. The van der Waals surface area contributed by atoms with Crippen molar-refractivity contribution in [3.05, 3.63) is 0 Å². The molecule has 2 unspecified atom stereocenters. The van der Waals surface area contributed by atoms with Crippen LogP contribution in [-0.4, -0.2) is 42.2 Å². The fourth-order valence-electron chi connectivity index (χ4n) is 0.914. The number of aliphatic carboxylic acids is 1. The fraction of sp³-hybridized carbons (Fsp3) is 0.750. The fourth-order valence-corrected chi connectivity index (χ4v) is 1.60. The average Bonchev–Trinajstić information content (AvgIpc) is 2.09. The summed E-state index contributed by atoms with van der Waals surface area (Å²) in [5.41, 5.74) is 0. The predicted octanol–water partition coefficient (Wildman–Crippen LogP) is 0.756. The van der Waals surface area contributed by atoms with Crippen molar-refractivity contribution in [1.29, 1.82) is 0 Å². The third-order valence-electron chi connectivity index (χ3n) is 2.07. The smallest absolute Gasteiger partial charge is 0.329 e. The molecule has 0 amide bonds. The van der Waals surface area contributed by atoms with Crippen LogP contribution in [0.3, 0.4) is 0 Å². The summed E-state index contributed by atoms with van der Waals surface area (Å²) < 4.78 is 22.1. The molecule has 0 rings (SSSR count). The molecule has 0 aliphatic rings. The molecule has 0 saturated heterocycles. The zero-order chi connectivity index (χ0) is 12.1. The Morgan fingerprint density at radius 3 is 2.40 bits per heavy atom. The number of carboxylic acids is 1. The van der Waals surface area contributed by atoms with Crippen molar-refractivity contribution in [2.45, 2.75) is 31.1 Å². The second-order valence-electron chi connectivity index (χ2n) is 3.29. The predicted molar refractivity (Wildman–Crippen MR) is 60.0 cm³/mol. The topological polar surface area (TPSA) is 83.8 Å². The van der Waals surface area contributed by atoms with Crippen molar-refractivity contribution in [2.24, 2.45) is 4.99 Å². The normalized spacial score (nSPS) is 15.1. The molecule has 5 nitrogen and oxygen atoms in total. The molecule has 0 aromatic heterocycles. The number of aliphatic imine (C=N–C) groups is 1. The van der Waals surface area contributed by atoms with Crippen molar-refractivity contribution >= 4 is 33.2 Å². The minimum absolute atomic E-state index is 0.146. The summed E-state index contributed by atoms with van der Waals surface area (Å²) >= 11 is 4.30. The largest absolute Gasteiger partial charge is 0.480 e. The van der Waals surface area contributed by atoms with Gasteiger partial charge in [0.05, 0.1) is 10.4 Å². The molecule has 0 heterocycles. The highest BCUT2D eigenvalue weighted by molar-refractivity contribution is 7.91. The molecule has 2 atom stereocenters. The Balaban J connectivity index is 4.36.